The van der Waals surface area contributed by atoms with Gasteiger partial charge in [0.2, 0.25) is 0 Å². The normalized spacial score (nSPS) is 20.6. The summed E-state index contributed by atoms with van der Waals surface area (Å²) in [6.07, 6.45) is 3.47. The fourth-order valence-electron chi connectivity index (χ4n) is 2.27. The zero-order valence-electron chi connectivity index (χ0n) is 10.4. The molecule has 0 amide bonds. The summed E-state index contributed by atoms with van der Waals surface area (Å²) in [6, 6.07) is 0. The zero-order valence-corrected chi connectivity index (χ0v) is 12.0. The molecule has 2 N–H and O–H groups in total. The van der Waals surface area contributed by atoms with E-state index in [0.29, 0.717) is 4.99 Å². The summed E-state index contributed by atoms with van der Waals surface area (Å²) in [7, 11) is 0. The maximum absolute atomic E-state index is 5.74. The Labute approximate surface area is 112 Å². The molecule has 0 aromatic carbocycles. The van der Waals surface area contributed by atoms with Gasteiger partial charge in [-0.3, -0.25) is 0 Å². The Bertz CT molecular complexity index is 414. The molecule has 94 valence electrons. The van der Waals surface area contributed by atoms with Gasteiger partial charge in [-0.1, -0.05) is 37.4 Å². The van der Waals surface area contributed by atoms with Crippen LogP contribution in [0.1, 0.15) is 37.3 Å². The largest absolute Gasteiger partial charge is 0.389 e. The van der Waals surface area contributed by atoms with Crippen LogP contribution in [0.15, 0.2) is 0 Å². The number of piperidine rings is 1. The van der Waals surface area contributed by atoms with E-state index in [1.807, 2.05) is 0 Å². The number of aryl methyl sites for hydroxylation is 1. The van der Waals surface area contributed by atoms with E-state index in [4.69, 9.17) is 18.0 Å². The van der Waals surface area contributed by atoms with Gasteiger partial charge in [0.15, 0.2) is 5.13 Å². The van der Waals surface area contributed by atoms with Gasteiger partial charge >= 0.3 is 0 Å². The molecule has 2 heterocycles. The highest BCUT2D eigenvalue weighted by Gasteiger charge is 2.21. The Morgan fingerprint density at radius 2 is 2.41 bits per heavy atom. The van der Waals surface area contributed by atoms with Gasteiger partial charge in [-0.05, 0) is 25.2 Å². The standard InChI is InChI=1S/C12H19N3S2/c1-3-9-10(11(13)16)17-12(14-9)15-6-4-5-8(2)7-15/h8H,3-7H2,1-2H3,(H2,13,16). The molecule has 0 saturated carbocycles. The molecule has 0 bridgehead atoms. The molecule has 1 aliphatic rings. The van der Waals surface area contributed by atoms with E-state index < -0.39 is 0 Å². The summed E-state index contributed by atoms with van der Waals surface area (Å²) in [6.45, 7) is 6.61. The first-order valence-corrected chi connectivity index (χ1v) is 7.38. The summed E-state index contributed by atoms with van der Waals surface area (Å²) in [4.78, 5) is 8.54. The maximum atomic E-state index is 5.74. The molecule has 1 aromatic rings. The average molecular weight is 269 g/mol. The molecular weight excluding hydrogens is 250 g/mol. The number of hydrogen-bond acceptors (Lipinski definition) is 4. The lowest BCUT2D eigenvalue weighted by molar-refractivity contribution is 0.446. The van der Waals surface area contributed by atoms with Crippen molar-refractivity contribution in [2.75, 3.05) is 18.0 Å². The van der Waals surface area contributed by atoms with Crippen LogP contribution in [0.5, 0.6) is 0 Å². The van der Waals surface area contributed by atoms with Gasteiger partial charge < -0.3 is 10.6 Å². The van der Waals surface area contributed by atoms with Crippen LogP contribution in [-0.4, -0.2) is 23.1 Å². The first-order chi connectivity index (χ1) is 8.11. The van der Waals surface area contributed by atoms with Crippen molar-refractivity contribution in [3.63, 3.8) is 0 Å². The molecule has 0 radical (unpaired) electrons. The number of aromatic nitrogens is 1. The van der Waals surface area contributed by atoms with E-state index in [9.17, 15) is 0 Å². The van der Waals surface area contributed by atoms with Gasteiger partial charge in [0.1, 0.15) is 4.99 Å². The summed E-state index contributed by atoms with van der Waals surface area (Å²) in [5, 5.41) is 1.09. The van der Waals surface area contributed by atoms with Crippen LogP contribution >= 0.6 is 23.6 Å². The fraction of sp³-hybridized carbons (Fsp3) is 0.667. The Morgan fingerprint density at radius 3 is 2.94 bits per heavy atom. The summed E-state index contributed by atoms with van der Waals surface area (Å²) in [5.41, 5.74) is 6.80. The molecule has 0 spiro atoms. The van der Waals surface area contributed by atoms with Crippen molar-refractivity contribution in [1.82, 2.24) is 4.98 Å². The second-order valence-corrected chi connectivity index (χ2v) is 6.10. The van der Waals surface area contributed by atoms with E-state index in [2.05, 4.69) is 23.7 Å². The minimum absolute atomic E-state index is 0.482. The van der Waals surface area contributed by atoms with Crippen molar-refractivity contribution in [2.45, 2.75) is 33.1 Å². The highest BCUT2D eigenvalue weighted by molar-refractivity contribution is 7.81. The van der Waals surface area contributed by atoms with E-state index >= 15 is 0 Å². The van der Waals surface area contributed by atoms with Crippen molar-refractivity contribution >= 4 is 33.7 Å². The van der Waals surface area contributed by atoms with Gasteiger partial charge in [0.25, 0.3) is 0 Å². The summed E-state index contributed by atoms with van der Waals surface area (Å²) >= 11 is 6.73. The molecule has 1 saturated heterocycles. The Balaban J connectivity index is 2.23. The van der Waals surface area contributed by atoms with Gasteiger partial charge in [-0.2, -0.15) is 0 Å². The molecule has 17 heavy (non-hydrogen) atoms. The number of anilines is 1. The minimum Gasteiger partial charge on any atom is -0.389 e. The topological polar surface area (TPSA) is 42.2 Å². The lowest BCUT2D eigenvalue weighted by atomic mass is 10.0. The third kappa shape index (κ3) is 2.77. The number of hydrogen-bond donors (Lipinski definition) is 1. The van der Waals surface area contributed by atoms with Crippen LogP contribution in [0, 0.1) is 5.92 Å². The van der Waals surface area contributed by atoms with Gasteiger partial charge in [0.05, 0.1) is 10.6 Å². The fourth-order valence-corrected chi connectivity index (χ4v) is 3.55. The van der Waals surface area contributed by atoms with E-state index in [1.165, 1.54) is 12.8 Å². The van der Waals surface area contributed by atoms with Gasteiger partial charge in [0, 0.05) is 13.1 Å². The number of nitrogens with zero attached hydrogens (tertiary/aromatic N) is 2. The third-order valence-corrected chi connectivity index (χ3v) is 4.70. The number of thiazole rings is 1. The van der Waals surface area contributed by atoms with Crippen LogP contribution in [-0.2, 0) is 6.42 Å². The minimum atomic E-state index is 0.482. The molecule has 5 heteroatoms. The molecular formula is C12H19N3S2. The lowest BCUT2D eigenvalue weighted by Crippen LogP contribution is -2.34. The lowest BCUT2D eigenvalue weighted by Gasteiger charge is -2.30. The quantitative estimate of drug-likeness (QED) is 0.856. The molecule has 2 rings (SSSR count). The predicted octanol–water partition coefficient (Wildman–Crippen LogP) is 2.58. The van der Waals surface area contributed by atoms with E-state index in [1.54, 1.807) is 11.3 Å². The first kappa shape index (κ1) is 12.8. The van der Waals surface area contributed by atoms with Crippen LogP contribution < -0.4 is 10.6 Å². The molecule has 3 nitrogen and oxygen atoms in total. The number of thiocarbonyl (C=S) groups is 1. The maximum Gasteiger partial charge on any atom is 0.186 e. The SMILES string of the molecule is CCc1nc(N2CCCC(C)C2)sc1C(N)=S. The second-order valence-electron chi connectivity index (χ2n) is 4.68. The van der Waals surface area contributed by atoms with Crippen molar-refractivity contribution in [1.29, 1.82) is 0 Å². The smallest absolute Gasteiger partial charge is 0.186 e. The van der Waals surface area contributed by atoms with Crippen LogP contribution in [0.2, 0.25) is 0 Å². The molecule has 1 aliphatic heterocycles. The van der Waals surface area contributed by atoms with Gasteiger partial charge in [-0.25, -0.2) is 4.98 Å². The van der Waals surface area contributed by atoms with Crippen molar-refractivity contribution in [3.05, 3.63) is 10.6 Å². The average Bonchev–Trinajstić information content (AvgIpc) is 2.73. The number of nitrogens with two attached hydrogens (primary N) is 1. The second kappa shape index (κ2) is 5.31. The summed E-state index contributed by atoms with van der Waals surface area (Å²) in [5.74, 6) is 0.756. The molecule has 1 fully saturated rings. The highest BCUT2D eigenvalue weighted by Crippen LogP contribution is 2.30. The number of rotatable bonds is 3. The molecule has 0 aliphatic carbocycles. The van der Waals surface area contributed by atoms with Crippen LogP contribution in [0.4, 0.5) is 5.13 Å². The predicted molar refractivity (Wildman–Crippen MR) is 78.0 cm³/mol. The first-order valence-electron chi connectivity index (χ1n) is 6.16. The van der Waals surface area contributed by atoms with E-state index in [0.717, 1.165) is 41.1 Å². The van der Waals surface area contributed by atoms with Crippen molar-refractivity contribution in [2.24, 2.45) is 11.7 Å². The zero-order chi connectivity index (χ0) is 12.4. The third-order valence-electron chi connectivity index (χ3n) is 3.17. The monoisotopic (exact) mass is 269 g/mol. The van der Waals surface area contributed by atoms with Crippen molar-refractivity contribution < 1.29 is 0 Å². The van der Waals surface area contributed by atoms with Crippen molar-refractivity contribution in [3.8, 4) is 0 Å². The summed E-state index contributed by atoms with van der Waals surface area (Å²) < 4.78 is 0. The molecule has 1 atom stereocenters. The molecule has 1 aromatic heterocycles. The van der Waals surface area contributed by atoms with Crippen LogP contribution in [0.25, 0.3) is 0 Å². The highest BCUT2D eigenvalue weighted by atomic mass is 32.1. The van der Waals surface area contributed by atoms with E-state index in [-0.39, 0.29) is 0 Å². The molecule has 1 unspecified atom stereocenters. The van der Waals surface area contributed by atoms with Gasteiger partial charge in [-0.15, -0.1) is 0 Å². The Kier molecular flexibility index (Phi) is 3.99. The Morgan fingerprint density at radius 1 is 1.65 bits per heavy atom. The van der Waals surface area contributed by atoms with Crippen LogP contribution in [0.3, 0.4) is 0 Å². The Hall–Kier alpha value is -0.680.